The topological polar surface area (TPSA) is 104 Å². The summed E-state index contributed by atoms with van der Waals surface area (Å²) in [7, 11) is 0. The molecule has 1 aliphatic heterocycles. The first-order valence-electron chi connectivity index (χ1n) is 11.2. The van der Waals surface area contributed by atoms with E-state index in [1.54, 1.807) is 39.9 Å². The molecule has 5 rings (SSSR count). The van der Waals surface area contributed by atoms with E-state index >= 15 is 0 Å². The molecule has 176 valence electrons. The van der Waals surface area contributed by atoms with Crippen molar-refractivity contribution in [1.29, 1.82) is 5.26 Å². The molecule has 4 aromatic rings. The number of aliphatic hydroxyl groups is 1. The van der Waals surface area contributed by atoms with Crippen molar-refractivity contribution < 1.29 is 14.3 Å². The van der Waals surface area contributed by atoms with Crippen molar-refractivity contribution in [2.24, 2.45) is 0 Å². The number of nitriles is 1. The van der Waals surface area contributed by atoms with Crippen LogP contribution < -0.4 is 5.56 Å². The minimum Gasteiger partial charge on any atom is -0.388 e. The lowest BCUT2D eigenvalue weighted by molar-refractivity contribution is -0.0299. The Balaban J connectivity index is 1.33. The van der Waals surface area contributed by atoms with Gasteiger partial charge in [0.15, 0.2) is 5.65 Å². The van der Waals surface area contributed by atoms with Crippen LogP contribution >= 0.6 is 0 Å². The van der Waals surface area contributed by atoms with E-state index in [2.05, 4.69) is 11.1 Å². The van der Waals surface area contributed by atoms with Crippen molar-refractivity contribution in [1.82, 2.24) is 19.0 Å². The molecule has 0 radical (unpaired) electrons. The van der Waals surface area contributed by atoms with Crippen LogP contribution in [0.5, 0.6) is 0 Å². The van der Waals surface area contributed by atoms with E-state index in [0.29, 0.717) is 48.1 Å². The lowest BCUT2D eigenvalue weighted by Crippen LogP contribution is -2.49. The van der Waals surface area contributed by atoms with E-state index in [1.165, 1.54) is 35.2 Å². The molecular weight excluding hydrogens is 449 g/mol. The summed E-state index contributed by atoms with van der Waals surface area (Å²) in [6.45, 7) is 0.702. The molecule has 0 bridgehead atoms. The highest BCUT2D eigenvalue weighted by molar-refractivity contribution is 5.94. The second-order valence-corrected chi connectivity index (χ2v) is 8.79. The average molecular weight is 471 g/mol. The molecule has 1 fully saturated rings. The minimum atomic E-state index is -1.16. The van der Waals surface area contributed by atoms with Crippen molar-refractivity contribution in [3.05, 3.63) is 94.4 Å². The van der Waals surface area contributed by atoms with Gasteiger partial charge in [-0.1, -0.05) is 6.07 Å². The molecule has 0 saturated carbocycles. The Hall–Kier alpha value is -4.29. The quantitative estimate of drug-likeness (QED) is 0.493. The number of hydrogen-bond donors (Lipinski definition) is 1. The standard InChI is InChI=1S/C26H22FN5O3/c27-20-6-4-19(5-7-20)24(33)30-12-9-26(35,10-13-30)16-31-17-29-23-22(25(31)34)8-11-32(23)21-3-1-2-18(14-21)15-28/h1-8,11,14,17,35H,9-10,12-13,16H2. The van der Waals surface area contributed by atoms with Gasteiger partial charge in [0.2, 0.25) is 0 Å². The normalized spacial score (nSPS) is 15.2. The molecule has 1 amide bonds. The molecule has 0 atom stereocenters. The molecule has 3 heterocycles. The summed E-state index contributed by atoms with van der Waals surface area (Å²) in [5.74, 6) is -0.620. The van der Waals surface area contributed by atoms with E-state index in [4.69, 9.17) is 5.26 Å². The number of hydrogen-bond acceptors (Lipinski definition) is 5. The molecule has 2 aromatic heterocycles. The van der Waals surface area contributed by atoms with E-state index in [9.17, 15) is 19.1 Å². The number of rotatable bonds is 4. The Morgan fingerprint density at radius 2 is 1.89 bits per heavy atom. The first-order chi connectivity index (χ1) is 16.9. The largest absolute Gasteiger partial charge is 0.388 e. The zero-order valence-corrected chi connectivity index (χ0v) is 18.8. The lowest BCUT2D eigenvalue weighted by Gasteiger charge is -2.38. The minimum absolute atomic E-state index is 0.0580. The number of fused-ring (bicyclic) bond motifs is 1. The molecule has 8 nitrogen and oxygen atoms in total. The Kier molecular flexibility index (Phi) is 5.67. The summed E-state index contributed by atoms with van der Waals surface area (Å²) in [5.41, 5.74) is 0.649. The van der Waals surface area contributed by atoms with Crippen LogP contribution in [0.15, 0.2) is 71.9 Å². The number of benzene rings is 2. The van der Waals surface area contributed by atoms with Crippen LogP contribution in [0, 0.1) is 17.1 Å². The molecule has 0 spiro atoms. The van der Waals surface area contributed by atoms with Crippen LogP contribution in [0.25, 0.3) is 16.7 Å². The fourth-order valence-electron chi connectivity index (χ4n) is 4.48. The number of halogens is 1. The summed E-state index contributed by atoms with van der Waals surface area (Å²) >= 11 is 0. The number of carbonyl (C=O) groups excluding carboxylic acids is 1. The first kappa shape index (κ1) is 22.5. The Morgan fingerprint density at radius 1 is 1.14 bits per heavy atom. The third-order valence-corrected chi connectivity index (χ3v) is 6.46. The van der Waals surface area contributed by atoms with Gasteiger partial charge < -0.3 is 14.6 Å². The van der Waals surface area contributed by atoms with Gasteiger partial charge >= 0.3 is 0 Å². The Morgan fingerprint density at radius 3 is 2.60 bits per heavy atom. The van der Waals surface area contributed by atoms with Crippen LogP contribution in [-0.2, 0) is 6.54 Å². The highest BCUT2D eigenvalue weighted by Gasteiger charge is 2.35. The molecule has 1 saturated heterocycles. The van der Waals surface area contributed by atoms with Gasteiger partial charge in [-0.3, -0.25) is 14.2 Å². The highest BCUT2D eigenvalue weighted by Crippen LogP contribution is 2.25. The number of amides is 1. The van der Waals surface area contributed by atoms with Crippen LogP contribution in [-0.4, -0.2) is 48.7 Å². The van der Waals surface area contributed by atoms with E-state index in [0.717, 1.165) is 5.69 Å². The molecule has 2 aromatic carbocycles. The summed E-state index contributed by atoms with van der Waals surface area (Å²) in [4.78, 5) is 31.9. The number of carbonyl (C=O) groups is 1. The summed E-state index contributed by atoms with van der Waals surface area (Å²) in [6, 6.07) is 16.2. The van der Waals surface area contributed by atoms with Crippen molar-refractivity contribution in [3.63, 3.8) is 0 Å². The van der Waals surface area contributed by atoms with Crippen molar-refractivity contribution in [3.8, 4) is 11.8 Å². The average Bonchev–Trinajstić information content (AvgIpc) is 3.31. The van der Waals surface area contributed by atoms with Gasteiger partial charge in [-0.2, -0.15) is 5.26 Å². The number of aromatic nitrogens is 3. The molecule has 1 N–H and O–H groups in total. The van der Waals surface area contributed by atoms with Crippen LogP contribution in [0.1, 0.15) is 28.8 Å². The van der Waals surface area contributed by atoms with Gasteiger partial charge in [0, 0.05) is 30.5 Å². The summed E-state index contributed by atoms with van der Waals surface area (Å²) in [6.07, 6.45) is 3.75. The maximum absolute atomic E-state index is 13.1. The van der Waals surface area contributed by atoms with Crippen LogP contribution in [0.3, 0.4) is 0 Å². The third-order valence-electron chi connectivity index (χ3n) is 6.46. The second-order valence-electron chi connectivity index (χ2n) is 8.79. The van der Waals surface area contributed by atoms with Gasteiger partial charge in [0.25, 0.3) is 11.5 Å². The van der Waals surface area contributed by atoms with Crippen molar-refractivity contribution in [2.45, 2.75) is 25.0 Å². The maximum atomic E-state index is 13.1. The van der Waals surface area contributed by atoms with Gasteiger partial charge in [-0.15, -0.1) is 0 Å². The molecule has 35 heavy (non-hydrogen) atoms. The molecule has 0 unspecified atom stereocenters. The highest BCUT2D eigenvalue weighted by atomic mass is 19.1. The molecule has 0 aliphatic carbocycles. The molecule has 1 aliphatic rings. The zero-order chi connectivity index (χ0) is 24.6. The summed E-state index contributed by atoms with van der Waals surface area (Å²) in [5, 5.41) is 20.7. The monoisotopic (exact) mass is 471 g/mol. The van der Waals surface area contributed by atoms with Gasteiger partial charge in [-0.05, 0) is 61.4 Å². The lowest BCUT2D eigenvalue weighted by atomic mass is 9.91. The van der Waals surface area contributed by atoms with Gasteiger partial charge in [0.1, 0.15) is 12.1 Å². The third kappa shape index (κ3) is 4.32. The van der Waals surface area contributed by atoms with Crippen molar-refractivity contribution in [2.75, 3.05) is 13.1 Å². The Labute approximate surface area is 200 Å². The maximum Gasteiger partial charge on any atom is 0.262 e. The van der Waals surface area contributed by atoms with E-state index < -0.39 is 11.4 Å². The molecular formula is C26H22FN5O3. The SMILES string of the molecule is N#Cc1cccc(-n2ccc3c(=O)n(CC4(O)CCN(C(=O)c5ccc(F)cc5)CC4)cnc32)c1. The van der Waals surface area contributed by atoms with E-state index in [-0.39, 0.29) is 18.0 Å². The van der Waals surface area contributed by atoms with Crippen molar-refractivity contribution >= 4 is 16.9 Å². The first-order valence-corrected chi connectivity index (χ1v) is 11.2. The van der Waals surface area contributed by atoms with Gasteiger partial charge in [0.05, 0.1) is 29.2 Å². The predicted octanol–water partition coefficient (Wildman–Crippen LogP) is 2.87. The fraction of sp³-hybridized carbons (Fsp3) is 0.231. The Bertz CT molecular complexity index is 1510. The zero-order valence-electron chi connectivity index (χ0n) is 18.8. The molecule has 9 heteroatoms. The number of piperidine rings is 1. The summed E-state index contributed by atoms with van der Waals surface area (Å²) < 4.78 is 16.3. The van der Waals surface area contributed by atoms with Gasteiger partial charge in [-0.25, -0.2) is 9.37 Å². The number of nitrogens with zero attached hydrogens (tertiary/aromatic N) is 5. The number of likely N-dealkylation sites (tertiary alicyclic amines) is 1. The fourth-order valence-corrected chi connectivity index (χ4v) is 4.48. The van der Waals surface area contributed by atoms with Crippen LogP contribution in [0.4, 0.5) is 4.39 Å². The predicted molar refractivity (Wildman–Crippen MR) is 127 cm³/mol. The van der Waals surface area contributed by atoms with Crippen LogP contribution in [0.2, 0.25) is 0 Å². The van der Waals surface area contributed by atoms with E-state index in [1.807, 2.05) is 6.07 Å². The smallest absolute Gasteiger partial charge is 0.262 e. The second kappa shape index (κ2) is 8.81.